The van der Waals surface area contributed by atoms with Gasteiger partial charge in [-0.3, -0.25) is 0 Å². The van der Waals surface area contributed by atoms with Gasteiger partial charge in [-0.05, 0) is 0 Å². The molecule has 0 bridgehead atoms. The predicted octanol–water partition coefficient (Wildman–Crippen LogP) is 0.0371. The molecule has 0 saturated carbocycles. The van der Waals surface area contributed by atoms with Crippen LogP contribution in [0.3, 0.4) is 0 Å². The van der Waals surface area contributed by atoms with E-state index < -0.39 is 0 Å². The summed E-state index contributed by atoms with van der Waals surface area (Å²) in [6.45, 7) is 1.71. The Morgan fingerprint density at radius 1 is 2.00 bits per heavy atom. The second kappa shape index (κ2) is 5.70. The Morgan fingerprint density at radius 3 is 3.11 bits per heavy atom. The summed E-state index contributed by atoms with van der Waals surface area (Å²) in [5, 5.41) is 2.22. The van der Waals surface area contributed by atoms with Crippen molar-refractivity contribution in [1.82, 2.24) is 5.39 Å². The van der Waals surface area contributed by atoms with Crippen molar-refractivity contribution < 1.29 is 9.63 Å². The van der Waals surface area contributed by atoms with Gasteiger partial charge in [-0.15, -0.1) is 0 Å². The Labute approximate surface area is 56.5 Å². The third-order valence-electron chi connectivity index (χ3n) is 0.589. The fourth-order valence-electron chi connectivity index (χ4n) is 0.195. The van der Waals surface area contributed by atoms with Gasteiger partial charge < -0.3 is 0 Å². The number of nitrogens with zero attached hydrogens (tertiary/aromatic N) is 1. The average Bonchev–Trinajstić information content (AvgIpc) is 1.89. The van der Waals surface area contributed by atoms with Gasteiger partial charge in [-0.2, -0.15) is 0 Å². The van der Waals surface area contributed by atoms with Gasteiger partial charge in [0.1, 0.15) is 0 Å². The first-order valence-corrected chi connectivity index (χ1v) is 2.99. The van der Waals surface area contributed by atoms with Crippen LogP contribution < -0.4 is 5.39 Å². The SMILES string of the molecule is CCC(=O)ONB=NP. The molecular weight excluding hydrogens is 138 g/mol. The van der Waals surface area contributed by atoms with Crippen LogP contribution in [-0.2, 0) is 9.63 Å². The Kier molecular flexibility index (Phi) is 5.42. The van der Waals surface area contributed by atoms with Gasteiger partial charge in [0.2, 0.25) is 0 Å². The Morgan fingerprint density at radius 2 is 2.67 bits per heavy atom. The van der Waals surface area contributed by atoms with Crippen molar-refractivity contribution in [1.29, 1.82) is 0 Å². The van der Waals surface area contributed by atoms with Gasteiger partial charge in [0.15, 0.2) is 0 Å². The van der Waals surface area contributed by atoms with E-state index in [1.165, 1.54) is 7.21 Å². The minimum atomic E-state index is -0.306. The van der Waals surface area contributed by atoms with Gasteiger partial charge in [-0.1, -0.05) is 0 Å². The summed E-state index contributed by atoms with van der Waals surface area (Å²) >= 11 is 0. The van der Waals surface area contributed by atoms with Crippen molar-refractivity contribution in [2.45, 2.75) is 13.3 Å². The molecule has 9 heavy (non-hydrogen) atoms. The molecule has 0 aliphatic heterocycles. The van der Waals surface area contributed by atoms with E-state index in [0.29, 0.717) is 6.42 Å². The summed E-state index contributed by atoms with van der Waals surface area (Å²) < 4.78 is 3.45. The van der Waals surface area contributed by atoms with Crippen LogP contribution in [-0.4, -0.2) is 13.2 Å². The molecule has 0 aromatic heterocycles. The molecule has 0 spiro atoms. The van der Waals surface area contributed by atoms with Gasteiger partial charge in [-0.25, -0.2) is 0 Å². The van der Waals surface area contributed by atoms with Gasteiger partial charge in [0.05, 0.1) is 0 Å². The molecule has 0 fully saturated rings. The summed E-state index contributed by atoms with van der Waals surface area (Å²) in [5.74, 6) is -0.306. The molecule has 0 saturated heterocycles. The van der Waals surface area contributed by atoms with Crippen LogP contribution in [0, 0.1) is 0 Å². The van der Waals surface area contributed by atoms with Crippen molar-refractivity contribution >= 4 is 22.6 Å². The zero-order valence-electron chi connectivity index (χ0n) is 5.13. The summed E-state index contributed by atoms with van der Waals surface area (Å²) in [4.78, 5) is 14.7. The molecule has 0 rings (SSSR count). The quantitative estimate of drug-likeness (QED) is 0.347. The maximum atomic E-state index is 10.3. The molecular formula is C3H8BN2O2P. The Bertz CT molecular complexity index is 118. The third-order valence-corrected chi connectivity index (χ3v) is 0.738. The van der Waals surface area contributed by atoms with Crippen LogP contribution >= 0.6 is 9.39 Å². The summed E-state index contributed by atoms with van der Waals surface area (Å²) in [5.41, 5.74) is 0. The van der Waals surface area contributed by atoms with Crippen molar-refractivity contribution in [3.8, 4) is 0 Å². The molecule has 0 aliphatic rings. The normalized spacial score (nSPS) is 8.67. The Balaban J connectivity index is 3.17. The maximum absolute atomic E-state index is 10.3. The molecule has 0 amide bonds. The number of carbonyl (C=O) groups is 1. The van der Waals surface area contributed by atoms with Crippen LogP contribution in [0.25, 0.3) is 0 Å². The van der Waals surface area contributed by atoms with Gasteiger partial charge in [0, 0.05) is 0 Å². The van der Waals surface area contributed by atoms with Crippen molar-refractivity contribution in [2.24, 2.45) is 4.67 Å². The monoisotopic (exact) mass is 146 g/mol. The van der Waals surface area contributed by atoms with Crippen LogP contribution in [0.5, 0.6) is 0 Å². The van der Waals surface area contributed by atoms with Crippen molar-refractivity contribution in [2.75, 3.05) is 0 Å². The van der Waals surface area contributed by atoms with Crippen LogP contribution in [0.4, 0.5) is 0 Å². The van der Waals surface area contributed by atoms with E-state index in [0.717, 1.165) is 0 Å². The molecule has 6 heteroatoms. The number of carbonyl (C=O) groups excluding carboxylic acids is 1. The van der Waals surface area contributed by atoms with Gasteiger partial charge >= 0.3 is 55.6 Å². The standard InChI is InChI=1S/C3H8BN2O2P/c1-2-3(7)8-5-4-6-9/h5H,2,9H2,1H3. The minimum absolute atomic E-state index is 0.306. The fraction of sp³-hybridized carbons (Fsp3) is 0.667. The summed E-state index contributed by atoms with van der Waals surface area (Å²) in [7, 11) is 3.35. The fourth-order valence-corrected chi connectivity index (χ4v) is 0.256. The van der Waals surface area contributed by atoms with Crippen LogP contribution in [0.1, 0.15) is 13.3 Å². The second-order valence-corrected chi connectivity index (χ2v) is 1.52. The predicted molar refractivity (Wildman–Crippen MR) is 37.4 cm³/mol. The first-order valence-electron chi connectivity index (χ1n) is 2.48. The van der Waals surface area contributed by atoms with E-state index in [4.69, 9.17) is 0 Å². The van der Waals surface area contributed by atoms with Crippen molar-refractivity contribution in [3.05, 3.63) is 0 Å². The van der Waals surface area contributed by atoms with E-state index in [1.807, 2.05) is 0 Å². The topological polar surface area (TPSA) is 50.7 Å². The molecule has 0 aliphatic carbocycles. The van der Waals surface area contributed by atoms with Gasteiger partial charge in [0.25, 0.3) is 0 Å². The third kappa shape index (κ3) is 5.44. The summed E-state index contributed by atoms with van der Waals surface area (Å²) in [6, 6.07) is 0. The van der Waals surface area contributed by atoms with E-state index in [9.17, 15) is 4.79 Å². The molecule has 0 heterocycles. The number of rotatable bonds is 3. The molecule has 0 aromatic carbocycles. The molecule has 1 atom stereocenters. The molecule has 4 nitrogen and oxygen atoms in total. The first kappa shape index (κ1) is 8.56. The number of hydrogen-bond donors (Lipinski definition) is 1. The van der Waals surface area contributed by atoms with E-state index in [-0.39, 0.29) is 5.97 Å². The molecule has 50 valence electrons. The number of nitrogens with one attached hydrogen (secondary N) is 1. The second-order valence-electron chi connectivity index (χ2n) is 1.22. The van der Waals surface area contributed by atoms with E-state index in [2.05, 4.69) is 24.3 Å². The number of hydrogen-bond acceptors (Lipinski definition) is 3. The van der Waals surface area contributed by atoms with E-state index >= 15 is 0 Å². The molecule has 1 N–H and O–H groups in total. The molecule has 0 aromatic rings. The molecule has 1 unspecified atom stereocenters. The first-order chi connectivity index (χ1) is 4.31. The van der Waals surface area contributed by atoms with Crippen molar-refractivity contribution in [3.63, 3.8) is 0 Å². The molecule has 0 radical (unpaired) electrons. The van der Waals surface area contributed by atoms with Crippen LogP contribution in [0.2, 0.25) is 0 Å². The Hall–Kier alpha value is -0.435. The zero-order valence-corrected chi connectivity index (χ0v) is 6.28. The average molecular weight is 146 g/mol. The van der Waals surface area contributed by atoms with Crippen LogP contribution in [0.15, 0.2) is 4.67 Å². The summed E-state index contributed by atoms with van der Waals surface area (Å²) in [6.07, 6.45) is 0.359. The van der Waals surface area contributed by atoms with E-state index in [1.54, 1.807) is 6.92 Å². The zero-order chi connectivity index (χ0) is 7.11.